The van der Waals surface area contributed by atoms with Crippen LogP contribution < -0.4 is 10.9 Å². The van der Waals surface area contributed by atoms with Gasteiger partial charge in [0.1, 0.15) is 0 Å². The zero-order chi connectivity index (χ0) is 20.0. The zero-order valence-electron chi connectivity index (χ0n) is 15.8. The molecule has 150 valence electrons. The predicted molar refractivity (Wildman–Crippen MR) is 120 cm³/mol. The lowest BCUT2D eigenvalue weighted by Gasteiger charge is -2.26. The average molecular weight is 410 g/mol. The molecule has 3 heterocycles. The van der Waals surface area contributed by atoms with Gasteiger partial charge in [-0.1, -0.05) is 24.3 Å². The van der Waals surface area contributed by atoms with Gasteiger partial charge in [0.25, 0.3) is 5.56 Å². The Bertz CT molecular complexity index is 1260. The van der Waals surface area contributed by atoms with Crippen LogP contribution in [0.15, 0.2) is 59.4 Å². The molecule has 0 aliphatic carbocycles. The van der Waals surface area contributed by atoms with Crippen LogP contribution in [0.3, 0.4) is 0 Å². The largest absolute Gasteiger partial charge is 0.354 e. The number of benzene rings is 2. The summed E-state index contributed by atoms with van der Waals surface area (Å²) in [5, 5.41) is 5.46. The summed E-state index contributed by atoms with van der Waals surface area (Å²) < 4.78 is 19.5. The average Bonchev–Trinajstić information content (AvgIpc) is 3.27. The molecule has 2 aromatic heterocycles. The number of H-pyrrole nitrogens is 2. The first-order chi connectivity index (χ1) is 14.0. The van der Waals surface area contributed by atoms with E-state index in [1.165, 1.54) is 0 Å². The smallest absolute Gasteiger partial charge is 0.257 e. The third kappa shape index (κ3) is 3.70. The minimum atomic E-state index is -2.38. The summed E-state index contributed by atoms with van der Waals surface area (Å²) in [5.74, 6) is 0.930. The molecular weight excluding hydrogens is 386 g/mol. The van der Waals surface area contributed by atoms with E-state index < -0.39 is 10.6 Å². The second kappa shape index (κ2) is 7.03. The number of pyridine rings is 1. The fourth-order valence-corrected chi connectivity index (χ4v) is 5.79. The Morgan fingerprint density at radius 2 is 1.83 bits per heavy atom. The van der Waals surface area contributed by atoms with Crippen LogP contribution in [0.5, 0.6) is 0 Å². The van der Waals surface area contributed by atoms with E-state index in [2.05, 4.69) is 21.4 Å². The summed E-state index contributed by atoms with van der Waals surface area (Å²) in [5.41, 5.74) is 4.23. The molecule has 1 atom stereocenters. The molecule has 4 aromatic rings. The molecule has 7 heteroatoms. The minimum absolute atomic E-state index is 0.114. The molecule has 1 unspecified atom stereocenters. The minimum Gasteiger partial charge on any atom is -0.354 e. The van der Waals surface area contributed by atoms with Gasteiger partial charge in [-0.15, -0.1) is 0 Å². The highest BCUT2D eigenvalue weighted by atomic mass is 32.3. The van der Waals surface area contributed by atoms with Gasteiger partial charge in [0.2, 0.25) is 0 Å². The molecule has 0 radical (unpaired) electrons. The molecule has 5 N–H and O–H groups in total. The lowest BCUT2D eigenvalue weighted by atomic mass is 10.1. The summed E-state index contributed by atoms with van der Waals surface area (Å²) in [6, 6.07) is 18.0. The number of rotatable bonds is 4. The molecule has 0 saturated carbocycles. The number of aromatic nitrogens is 2. The van der Waals surface area contributed by atoms with Crippen LogP contribution in [-0.4, -0.2) is 36.6 Å². The number of fused-ring (bicyclic) bond motifs is 2. The first kappa shape index (κ1) is 18.4. The van der Waals surface area contributed by atoms with Crippen molar-refractivity contribution in [3.63, 3.8) is 0 Å². The second-order valence-corrected chi connectivity index (χ2v) is 10.1. The molecule has 1 fully saturated rings. The van der Waals surface area contributed by atoms with Gasteiger partial charge in [-0.05, 0) is 47.7 Å². The van der Waals surface area contributed by atoms with Crippen molar-refractivity contribution in [2.24, 2.45) is 0 Å². The third-order valence-electron chi connectivity index (χ3n) is 5.58. The Morgan fingerprint density at radius 1 is 1.00 bits per heavy atom. The SMILES string of the molecule is O=c1[nH]c2ccccc2cc1-c1cc2cc(CNC3CCS(O)(O)C3)ccc2[nH]1. The van der Waals surface area contributed by atoms with Gasteiger partial charge in [0.05, 0.1) is 17.0 Å². The lowest BCUT2D eigenvalue weighted by Crippen LogP contribution is -2.28. The van der Waals surface area contributed by atoms with Crippen molar-refractivity contribution in [1.29, 1.82) is 0 Å². The molecule has 5 rings (SSSR count). The summed E-state index contributed by atoms with van der Waals surface area (Å²) in [4.78, 5) is 18.9. The maximum atomic E-state index is 12.6. The Morgan fingerprint density at radius 3 is 2.66 bits per heavy atom. The number of hydrogen-bond acceptors (Lipinski definition) is 4. The van der Waals surface area contributed by atoms with Crippen molar-refractivity contribution in [2.75, 3.05) is 11.5 Å². The van der Waals surface area contributed by atoms with Gasteiger partial charge in [-0.25, -0.2) is 0 Å². The highest BCUT2D eigenvalue weighted by Gasteiger charge is 2.27. The van der Waals surface area contributed by atoms with Crippen LogP contribution in [0.2, 0.25) is 0 Å². The normalized spacial score (nSPS) is 19.7. The van der Waals surface area contributed by atoms with Crippen LogP contribution in [-0.2, 0) is 6.54 Å². The molecule has 1 aliphatic rings. The molecular formula is C22H23N3O3S. The van der Waals surface area contributed by atoms with E-state index >= 15 is 0 Å². The molecule has 0 spiro atoms. The van der Waals surface area contributed by atoms with E-state index in [0.717, 1.165) is 39.5 Å². The topological polar surface area (TPSA) is 101 Å². The predicted octanol–water partition coefficient (Wildman–Crippen LogP) is 4.29. The van der Waals surface area contributed by atoms with Crippen LogP contribution in [0, 0.1) is 0 Å². The lowest BCUT2D eigenvalue weighted by molar-refractivity contribution is 0.491. The summed E-state index contributed by atoms with van der Waals surface area (Å²) in [6.07, 6.45) is 0.795. The number of para-hydroxylation sites is 1. The molecule has 6 nitrogen and oxygen atoms in total. The van der Waals surface area contributed by atoms with E-state index in [0.29, 0.717) is 23.6 Å². The Hall–Kier alpha value is -2.58. The quantitative estimate of drug-likeness (QED) is 0.347. The monoisotopic (exact) mass is 409 g/mol. The molecule has 29 heavy (non-hydrogen) atoms. The van der Waals surface area contributed by atoms with Crippen molar-refractivity contribution in [2.45, 2.75) is 19.0 Å². The van der Waals surface area contributed by atoms with E-state index in [4.69, 9.17) is 0 Å². The van der Waals surface area contributed by atoms with Gasteiger partial charge in [0.15, 0.2) is 0 Å². The summed E-state index contributed by atoms with van der Waals surface area (Å²) in [6.45, 7) is 0.674. The maximum Gasteiger partial charge on any atom is 0.257 e. The van der Waals surface area contributed by atoms with E-state index in [1.54, 1.807) is 0 Å². The van der Waals surface area contributed by atoms with Crippen LogP contribution in [0.1, 0.15) is 12.0 Å². The Labute approximate surface area is 169 Å². The Kier molecular flexibility index (Phi) is 4.48. The Balaban J connectivity index is 1.41. The number of hydrogen-bond donors (Lipinski definition) is 5. The van der Waals surface area contributed by atoms with Gasteiger partial charge in [-0.2, -0.15) is 10.6 Å². The summed E-state index contributed by atoms with van der Waals surface area (Å²) >= 11 is 0. The van der Waals surface area contributed by atoms with E-state index in [9.17, 15) is 13.9 Å². The highest BCUT2D eigenvalue weighted by Crippen LogP contribution is 2.45. The highest BCUT2D eigenvalue weighted by molar-refractivity contribution is 8.24. The fraction of sp³-hybridized carbons (Fsp3) is 0.227. The fourth-order valence-electron chi connectivity index (χ4n) is 4.03. The van der Waals surface area contributed by atoms with Gasteiger partial charge >= 0.3 is 0 Å². The van der Waals surface area contributed by atoms with Crippen molar-refractivity contribution < 1.29 is 9.11 Å². The standard InChI is InChI=1S/C22H23N3O3S/c26-22-18(10-15-3-1-2-4-19(15)25-22)21-11-16-9-14(5-6-20(16)24-21)12-23-17-7-8-29(27,28)13-17/h1-6,9-11,17,23-24,27-28H,7-8,12-13H2,(H,25,26). The van der Waals surface area contributed by atoms with Crippen LogP contribution in [0.25, 0.3) is 33.1 Å². The molecule has 0 amide bonds. The van der Waals surface area contributed by atoms with Gasteiger partial charge < -0.3 is 15.3 Å². The van der Waals surface area contributed by atoms with Crippen molar-refractivity contribution >= 4 is 32.4 Å². The maximum absolute atomic E-state index is 12.6. The number of nitrogens with one attached hydrogen (secondary N) is 3. The first-order valence-electron chi connectivity index (χ1n) is 9.68. The number of aromatic amines is 2. The molecule has 2 aromatic carbocycles. The van der Waals surface area contributed by atoms with E-state index in [-0.39, 0.29) is 11.6 Å². The van der Waals surface area contributed by atoms with Gasteiger partial charge in [0, 0.05) is 34.8 Å². The first-order valence-corrected chi connectivity index (χ1v) is 11.6. The van der Waals surface area contributed by atoms with Crippen molar-refractivity contribution in [3.8, 4) is 11.3 Å². The second-order valence-electron chi connectivity index (χ2n) is 7.74. The summed E-state index contributed by atoms with van der Waals surface area (Å²) in [7, 11) is -2.38. The van der Waals surface area contributed by atoms with Crippen molar-refractivity contribution in [1.82, 2.24) is 15.3 Å². The van der Waals surface area contributed by atoms with Crippen LogP contribution in [0.4, 0.5) is 0 Å². The van der Waals surface area contributed by atoms with Crippen molar-refractivity contribution in [3.05, 3.63) is 70.5 Å². The molecule has 0 bridgehead atoms. The molecule has 1 saturated heterocycles. The third-order valence-corrected chi connectivity index (χ3v) is 7.41. The zero-order valence-corrected chi connectivity index (χ0v) is 16.6. The van der Waals surface area contributed by atoms with Gasteiger partial charge in [-0.3, -0.25) is 13.9 Å². The van der Waals surface area contributed by atoms with E-state index in [1.807, 2.05) is 48.5 Å². The molecule has 1 aliphatic heterocycles. The van der Waals surface area contributed by atoms with Crippen LogP contribution >= 0.6 is 10.6 Å².